The lowest BCUT2D eigenvalue weighted by atomic mass is 10.1. The molecule has 0 aliphatic heterocycles. The summed E-state index contributed by atoms with van der Waals surface area (Å²) in [4.78, 5) is 0. The molecule has 1 N–H and O–H groups in total. The van der Waals surface area contributed by atoms with Gasteiger partial charge in [-0.1, -0.05) is 17.7 Å². The fourth-order valence-electron chi connectivity index (χ4n) is 0.920. The third kappa shape index (κ3) is 1.62. The topological polar surface area (TPSA) is 12.0 Å². The van der Waals surface area contributed by atoms with Gasteiger partial charge in [-0.15, -0.1) is 0 Å². The minimum atomic E-state index is 1.20. The van der Waals surface area contributed by atoms with Crippen molar-refractivity contribution in [3.05, 3.63) is 29.3 Å². The Balaban J connectivity index is 3.07. The molecule has 1 rings (SSSR count). The Hall–Kier alpha value is -0.250. The van der Waals surface area contributed by atoms with Crippen molar-refractivity contribution in [2.24, 2.45) is 0 Å². The smallest absolute Gasteiger partial charge is 0.0560 e. The largest absolute Gasteiger partial charge is 0.328 e. The second kappa shape index (κ2) is 3.23. The van der Waals surface area contributed by atoms with Gasteiger partial charge in [-0.3, -0.25) is 0 Å². The van der Waals surface area contributed by atoms with E-state index in [1.807, 2.05) is 0 Å². The van der Waals surface area contributed by atoms with E-state index in [0.29, 0.717) is 0 Å². The molecule has 0 radical (unpaired) electrons. The maximum Gasteiger partial charge on any atom is 0.0560 e. The molecule has 0 aliphatic rings. The number of hydrogen-bond donors (Lipinski definition) is 1. The molecule has 2 heteroatoms. The van der Waals surface area contributed by atoms with Crippen LogP contribution < -0.4 is 3.53 Å². The van der Waals surface area contributed by atoms with E-state index < -0.39 is 0 Å². The lowest BCUT2D eigenvalue weighted by Gasteiger charge is -2.02. The number of anilines is 1. The second-order valence-corrected chi connectivity index (χ2v) is 2.95. The lowest BCUT2D eigenvalue weighted by molar-refractivity contribution is 1.39. The van der Waals surface area contributed by atoms with Crippen molar-refractivity contribution in [2.45, 2.75) is 13.8 Å². The van der Waals surface area contributed by atoms with Crippen LogP contribution in [0.3, 0.4) is 0 Å². The predicted molar refractivity (Wildman–Crippen MR) is 53.6 cm³/mol. The van der Waals surface area contributed by atoms with Gasteiger partial charge in [-0.05, 0) is 25.5 Å². The van der Waals surface area contributed by atoms with Crippen LogP contribution in [-0.2, 0) is 0 Å². The molecule has 0 fully saturated rings. The zero-order valence-corrected chi connectivity index (χ0v) is 8.27. The first-order valence-electron chi connectivity index (χ1n) is 3.18. The summed E-state index contributed by atoms with van der Waals surface area (Å²) in [5.41, 5.74) is 3.81. The summed E-state index contributed by atoms with van der Waals surface area (Å²) in [6.45, 7) is 4.21. The van der Waals surface area contributed by atoms with Crippen molar-refractivity contribution in [2.75, 3.05) is 3.53 Å². The average Bonchev–Trinajstić information content (AvgIpc) is 1.88. The molecule has 0 atom stereocenters. The maximum atomic E-state index is 3.09. The van der Waals surface area contributed by atoms with Crippen LogP contribution in [0.2, 0.25) is 0 Å². The van der Waals surface area contributed by atoms with Crippen LogP contribution >= 0.6 is 22.9 Å². The summed E-state index contributed by atoms with van der Waals surface area (Å²) in [6, 6.07) is 6.37. The molecule has 1 aromatic rings. The third-order valence-corrected chi connectivity index (χ3v) is 2.06. The van der Waals surface area contributed by atoms with Crippen LogP contribution in [0.25, 0.3) is 0 Å². The van der Waals surface area contributed by atoms with E-state index in [0.717, 1.165) is 0 Å². The SMILES string of the molecule is Cc1ccc(NI)c(C)c1. The number of rotatable bonds is 1. The summed E-state index contributed by atoms with van der Waals surface area (Å²) in [7, 11) is 0. The molecule has 0 saturated carbocycles. The fraction of sp³-hybridized carbons (Fsp3) is 0.250. The molecule has 0 amide bonds. The molecule has 54 valence electrons. The van der Waals surface area contributed by atoms with Crippen LogP contribution in [0.4, 0.5) is 5.69 Å². The van der Waals surface area contributed by atoms with E-state index in [2.05, 4.69) is 58.4 Å². The number of nitrogens with one attached hydrogen (secondary N) is 1. The Labute approximate surface area is 75.3 Å². The number of hydrogen-bond acceptors (Lipinski definition) is 1. The monoisotopic (exact) mass is 247 g/mol. The molecule has 0 unspecified atom stereocenters. The Bertz CT molecular complexity index is 233. The first kappa shape index (κ1) is 7.85. The van der Waals surface area contributed by atoms with Gasteiger partial charge in [0.05, 0.1) is 22.9 Å². The summed E-state index contributed by atoms with van der Waals surface area (Å²) in [5, 5.41) is 0. The minimum absolute atomic E-state index is 1.20. The Morgan fingerprint density at radius 2 is 2.00 bits per heavy atom. The Kier molecular flexibility index (Phi) is 2.54. The number of benzene rings is 1. The number of aryl methyl sites for hydroxylation is 2. The van der Waals surface area contributed by atoms with Crippen LogP contribution in [0.5, 0.6) is 0 Å². The van der Waals surface area contributed by atoms with Crippen molar-refractivity contribution in [3.63, 3.8) is 0 Å². The third-order valence-electron chi connectivity index (χ3n) is 1.48. The standard InChI is InChI=1S/C8H10IN/c1-6-3-4-8(10-9)7(2)5-6/h3-5,10H,1-2H3. The predicted octanol–water partition coefficient (Wildman–Crippen LogP) is 3.07. The Morgan fingerprint density at radius 1 is 1.30 bits per heavy atom. The van der Waals surface area contributed by atoms with Gasteiger partial charge in [0.15, 0.2) is 0 Å². The van der Waals surface area contributed by atoms with Crippen molar-refractivity contribution in [1.29, 1.82) is 0 Å². The summed E-state index contributed by atoms with van der Waals surface area (Å²) >= 11 is 2.14. The summed E-state index contributed by atoms with van der Waals surface area (Å²) in [6.07, 6.45) is 0. The molecule has 1 aromatic carbocycles. The van der Waals surface area contributed by atoms with Crippen LogP contribution in [0.1, 0.15) is 11.1 Å². The average molecular weight is 247 g/mol. The van der Waals surface area contributed by atoms with Gasteiger partial charge in [-0.2, -0.15) is 0 Å². The zero-order valence-electron chi connectivity index (χ0n) is 6.11. The van der Waals surface area contributed by atoms with Crippen LogP contribution in [0.15, 0.2) is 18.2 Å². The van der Waals surface area contributed by atoms with Gasteiger partial charge in [0.2, 0.25) is 0 Å². The number of halogens is 1. The van der Waals surface area contributed by atoms with E-state index in [4.69, 9.17) is 0 Å². The molecule has 0 aromatic heterocycles. The van der Waals surface area contributed by atoms with E-state index in [9.17, 15) is 0 Å². The van der Waals surface area contributed by atoms with E-state index >= 15 is 0 Å². The second-order valence-electron chi connectivity index (χ2n) is 2.41. The highest BCUT2D eigenvalue weighted by Crippen LogP contribution is 2.16. The maximum absolute atomic E-state index is 3.09. The van der Waals surface area contributed by atoms with Gasteiger partial charge in [0.1, 0.15) is 0 Å². The van der Waals surface area contributed by atoms with Gasteiger partial charge in [-0.25, -0.2) is 0 Å². The molecule has 1 nitrogen and oxygen atoms in total. The van der Waals surface area contributed by atoms with Crippen LogP contribution in [-0.4, -0.2) is 0 Å². The molecule has 0 bridgehead atoms. The van der Waals surface area contributed by atoms with Crippen molar-refractivity contribution in [1.82, 2.24) is 0 Å². The van der Waals surface area contributed by atoms with Crippen molar-refractivity contribution in [3.8, 4) is 0 Å². The van der Waals surface area contributed by atoms with Crippen molar-refractivity contribution < 1.29 is 0 Å². The Morgan fingerprint density at radius 3 is 2.50 bits per heavy atom. The highest BCUT2D eigenvalue weighted by molar-refractivity contribution is 14.1. The molecular weight excluding hydrogens is 237 g/mol. The fourth-order valence-corrected chi connectivity index (χ4v) is 1.52. The van der Waals surface area contributed by atoms with Gasteiger partial charge >= 0.3 is 0 Å². The van der Waals surface area contributed by atoms with Gasteiger partial charge in [0, 0.05) is 5.69 Å². The van der Waals surface area contributed by atoms with Gasteiger partial charge < -0.3 is 3.53 Å². The lowest BCUT2D eigenvalue weighted by Crippen LogP contribution is -1.84. The zero-order chi connectivity index (χ0) is 7.56. The molecule has 0 spiro atoms. The van der Waals surface area contributed by atoms with E-state index in [1.165, 1.54) is 16.8 Å². The summed E-state index contributed by atoms with van der Waals surface area (Å²) in [5.74, 6) is 0. The molecule has 0 aliphatic carbocycles. The van der Waals surface area contributed by atoms with Crippen LogP contribution in [0, 0.1) is 13.8 Å². The minimum Gasteiger partial charge on any atom is -0.328 e. The normalized spacial score (nSPS) is 9.50. The van der Waals surface area contributed by atoms with E-state index in [1.54, 1.807) is 0 Å². The quantitative estimate of drug-likeness (QED) is 0.594. The van der Waals surface area contributed by atoms with Crippen molar-refractivity contribution >= 4 is 28.6 Å². The van der Waals surface area contributed by atoms with E-state index in [-0.39, 0.29) is 0 Å². The van der Waals surface area contributed by atoms with Gasteiger partial charge in [0.25, 0.3) is 0 Å². The molecular formula is C8H10IN. The highest BCUT2D eigenvalue weighted by atomic mass is 127. The first-order chi connectivity index (χ1) is 4.74. The molecule has 0 saturated heterocycles. The highest BCUT2D eigenvalue weighted by Gasteiger charge is 1.93. The molecule has 0 heterocycles. The first-order valence-corrected chi connectivity index (χ1v) is 4.26. The molecule has 10 heavy (non-hydrogen) atoms. The summed E-state index contributed by atoms with van der Waals surface area (Å²) < 4.78 is 3.09.